The Kier molecular flexibility index (Phi) is 16.6. The van der Waals surface area contributed by atoms with E-state index in [1.165, 1.54) is 70.3 Å². The minimum Gasteiger partial charge on any atom is -0.480 e. The molecule has 1 amide bonds. The van der Waals surface area contributed by atoms with Crippen molar-refractivity contribution in [3.8, 4) is 0 Å². The van der Waals surface area contributed by atoms with Crippen LogP contribution in [0.3, 0.4) is 0 Å². The molecule has 0 aliphatic carbocycles. The Bertz CT molecular complexity index is 375. The molecule has 0 aromatic heterocycles. The van der Waals surface area contributed by atoms with Gasteiger partial charge in [-0.2, -0.15) is 0 Å². The highest BCUT2D eigenvalue weighted by molar-refractivity contribution is 5.89. The minimum atomic E-state index is -1.02. The van der Waals surface area contributed by atoms with Gasteiger partial charge in [0.25, 0.3) is 0 Å². The van der Waals surface area contributed by atoms with Crippen molar-refractivity contribution in [2.75, 3.05) is 6.54 Å². The SMILES string of the molecule is CCCCCC/C=C/CCCCCCC/C=C/C(=O)NCC(=O)O. The van der Waals surface area contributed by atoms with Gasteiger partial charge in [-0.1, -0.05) is 63.7 Å². The van der Waals surface area contributed by atoms with Crippen LogP contribution in [0.4, 0.5) is 0 Å². The van der Waals surface area contributed by atoms with Crippen LogP contribution in [-0.4, -0.2) is 23.5 Å². The molecule has 0 aromatic rings. The van der Waals surface area contributed by atoms with Gasteiger partial charge in [-0.25, -0.2) is 0 Å². The molecule has 0 fully saturated rings. The zero-order chi connectivity index (χ0) is 17.9. The Labute approximate surface area is 147 Å². The fourth-order valence-corrected chi connectivity index (χ4v) is 2.39. The van der Waals surface area contributed by atoms with Gasteiger partial charge in [0, 0.05) is 0 Å². The molecule has 0 radical (unpaired) electrons. The van der Waals surface area contributed by atoms with Crippen molar-refractivity contribution in [2.24, 2.45) is 0 Å². The predicted molar refractivity (Wildman–Crippen MR) is 100 cm³/mol. The van der Waals surface area contributed by atoms with Crippen molar-refractivity contribution in [3.05, 3.63) is 24.3 Å². The monoisotopic (exact) mass is 337 g/mol. The van der Waals surface area contributed by atoms with E-state index >= 15 is 0 Å². The molecule has 0 saturated heterocycles. The molecule has 0 aromatic carbocycles. The number of aliphatic carboxylic acids is 1. The van der Waals surface area contributed by atoms with Gasteiger partial charge in [0.2, 0.25) is 5.91 Å². The fraction of sp³-hybridized carbons (Fsp3) is 0.700. The Hall–Kier alpha value is -1.58. The summed E-state index contributed by atoms with van der Waals surface area (Å²) in [7, 11) is 0. The molecule has 0 spiro atoms. The number of hydrogen-bond acceptors (Lipinski definition) is 2. The molecule has 138 valence electrons. The first-order valence-corrected chi connectivity index (χ1v) is 9.48. The standard InChI is InChI=1S/C20H35NO3/c1-2-3-4-5-6-7-8-9-10-11-12-13-14-15-16-17-19(22)21-18-20(23)24/h7-8,16-17H,2-6,9-15,18H2,1H3,(H,21,22)(H,23,24)/b8-7+,17-16+. The average molecular weight is 338 g/mol. The summed E-state index contributed by atoms with van der Waals surface area (Å²) in [6, 6.07) is 0. The highest BCUT2D eigenvalue weighted by atomic mass is 16.4. The van der Waals surface area contributed by atoms with Crippen LogP contribution in [0.15, 0.2) is 24.3 Å². The highest BCUT2D eigenvalue weighted by Crippen LogP contribution is 2.09. The maximum Gasteiger partial charge on any atom is 0.322 e. The molecular weight excluding hydrogens is 302 g/mol. The lowest BCUT2D eigenvalue weighted by atomic mass is 10.1. The molecular formula is C20H35NO3. The minimum absolute atomic E-state index is 0.323. The van der Waals surface area contributed by atoms with Gasteiger partial charge < -0.3 is 10.4 Å². The maximum atomic E-state index is 11.2. The fourth-order valence-electron chi connectivity index (χ4n) is 2.39. The lowest BCUT2D eigenvalue weighted by Gasteiger charge is -1.99. The van der Waals surface area contributed by atoms with Gasteiger partial charge in [0.1, 0.15) is 6.54 Å². The molecule has 4 heteroatoms. The summed E-state index contributed by atoms with van der Waals surface area (Å²) in [5.41, 5.74) is 0. The van der Waals surface area contributed by atoms with Gasteiger partial charge in [-0.3, -0.25) is 9.59 Å². The van der Waals surface area contributed by atoms with Crippen molar-refractivity contribution in [1.29, 1.82) is 0 Å². The topological polar surface area (TPSA) is 66.4 Å². The summed E-state index contributed by atoms with van der Waals surface area (Å²) in [6.45, 7) is 1.92. The molecule has 2 N–H and O–H groups in total. The van der Waals surface area contributed by atoms with Gasteiger partial charge >= 0.3 is 5.97 Å². The Morgan fingerprint density at radius 3 is 1.83 bits per heavy atom. The molecule has 4 nitrogen and oxygen atoms in total. The number of unbranched alkanes of at least 4 members (excludes halogenated alkanes) is 10. The van der Waals surface area contributed by atoms with E-state index in [0.29, 0.717) is 0 Å². The van der Waals surface area contributed by atoms with E-state index in [1.807, 2.05) is 6.08 Å². The van der Waals surface area contributed by atoms with E-state index in [2.05, 4.69) is 24.4 Å². The van der Waals surface area contributed by atoms with Crippen LogP contribution in [0.5, 0.6) is 0 Å². The second-order valence-electron chi connectivity index (χ2n) is 6.18. The van der Waals surface area contributed by atoms with Gasteiger partial charge in [0.05, 0.1) is 0 Å². The van der Waals surface area contributed by atoms with Gasteiger partial charge in [0.15, 0.2) is 0 Å². The summed E-state index contributed by atoms with van der Waals surface area (Å²) in [5.74, 6) is -1.36. The van der Waals surface area contributed by atoms with Gasteiger partial charge in [-0.05, 0) is 44.6 Å². The van der Waals surface area contributed by atoms with E-state index < -0.39 is 5.97 Å². The van der Waals surface area contributed by atoms with Crippen molar-refractivity contribution in [3.63, 3.8) is 0 Å². The number of hydrogen-bond donors (Lipinski definition) is 2. The van der Waals surface area contributed by atoms with E-state index in [4.69, 9.17) is 5.11 Å². The first-order valence-electron chi connectivity index (χ1n) is 9.48. The molecule has 0 aliphatic rings. The third kappa shape index (κ3) is 18.5. The second kappa shape index (κ2) is 17.8. The molecule has 0 unspecified atom stereocenters. The number of allylic oxidation sites excluding steroid dienone is 3. The van der Waals surface area contributed by atoms with Crippen molar-refractivity contribution >= 4 is 11.9 Å². The van der Waals surface area contributed by atoms with Crippen molar-refractivity contribution in [1.82, 2.24) is 5.32 Å². The van der Waals surface area contributed by atoms with Crippen LogP contribution in [0.1, 0.15) is 84.0 Å². The molecule has 0 saturated carbocycles. The summed E-state index contributed by atoms with van der Waals surface area (Å²) in [4.78, 5) is 21.5. The Morgan fingerprint density at radius 1 is 0.792 bits per heavy atom. The van der Waals surface area contributed by atoms with Crippen LogP contribution < -0.4 is 5.32 Å². The summed E-state index contributed by atoms with van der Waals surface area (Å²) >= 11 is 0. The van der Waals surface area contributed by atoms with Crippen LogP contribution in [0, 0.1) is 0 Å². The number of carboxylic acid groups (broad SMARTS) is 1. The van der Waals surface area contributed by atoms with Crippen LogP contribution >= 0.6 is 0 Å². The third-order valence-corrected chi connectivity index (χ3v) is 3.82. The average Bonchev–Trinajstić information content (AvgIpc) is 2.56. The van der Waals surface area contributed by atoms with Gasteiger partial charge in [-0.15, -0.1) is 0 Å². The zero-order valence-corrected chi connectivity index (χ0v) is 15.3. The molecule has 0 bridgehead atoms. The number of carbonyl (C=O) groups is 2. The van der Waals surface area contributed by atoms with Crippen LogP contribution in [0.25, 0.3) is 0 Å². The summed E-state index contributed by atoms with van der Waals surface area (Å²) in [5, 5.41) is 10.7. The number of amides is 1. The molecule has 24 heavy (non-hydrogen) atoms. The Morgan fingerprint density at radius 2 is 1.29 bits per heavy atom. The normalized spacial score (nSPS) is 11.4. The number of carboxylic acids is 1. The third-order valence-electron chi connectivity index (χ3n) is 3.82. The first kappa shape index (κ1) is 22.4. The lowest BCUT2D eigenvalue weighted by molar-refractivity contribution is -0.137. The highest BCUT2D eigenvalue weighted by Gasteiger charge is 1.98. The molecule has 0 atom stereocenters. The number of rotatable bonds is 16. The van der Waals surface area contributed by atoms with Crippen molar-refractivity contribution < 1.29 is 14.7 Å². The summed E-state index contributed by atoms with van der Waals surface area (Å²) < 4.78 is 0. The lowest BCUT2D eigenvalue weighted by Crippen LogP contribution is -2.27. The van der Waals surface area contributed by atoms with Crippen LogP contribution in [0.2, 0.25) is 0 Å². The molecule has 0 rings (SSSR count). The molecule has 0 heterocycles. The number of carbonyl (C=O) groups excluding carboxylic acids is 1. The first-order chi connectivity index (χ1) is 11.7. The predicted octanol–water partition coefficient (Wildman–Crippen LogP) is 5.00. The van der Waals surface area contributed by atoms with E-state index in [1.54, 1.807) is 0 Å². The van der Waals surface area contributed by atoms with E-state index in [-0.39, 0.29) is 12.5 Å². The van der Waals surface area contributed by atoms with Crippen LogP contribution in [-0.2, 0) is 9.59 Å². The zero-order valence-electron chi connectivity index (χ0n) is 15.3. The van der Waals surface area contributed by atoms with E-state index in [0.717, 1.165) is 12.8 Å². The largest absolute Gasteiger partial charge is 0.480 e. The number of nitrogens with one attached hydrogen (secondary N) is 1. The Balaban J connectivity index is 3.29. The molecule has 0 aliphatic heterocycles. The van der Waals surface area contributed by atoms with E-state index in [9.17, 15) is 9.59 Å². The summed E-state index contributed by atoms with van der Waals surface area (Å²) in [6.07, 6.45) is 22.6. The van der Waals surface area contributed by atoms with Crippen molar-refractivity contribution in [2.45, 2.75) is 84.0 Å². The maximum absolute atomic E-state index is 11.2. The smallest absolute Gasteiger partial charge is 0.322 e. The second-order valence-corrected chi connectivity index (χ2v) is 6.18. The quantitative estimate of drug-likeness (QED) is 0.236.